The number of aliphatic hydroxyl groups is 1. The zero-order valence-electron chi connectivity index (χ0n) is 10.00. The number of hydrogen-bond acceptors (Lipinski definition) is 2. The second-order valence-electron chi connectivity index (χ2n) is 4.88. The molecule has 2 nitrogen and oxygen atoms in total. The smallest absolute Gasteiger partial charge is 0.0499 e. The first-order valence-corrected chi connectivity index (χ1v) is 6.18. The van der Waals surface area contributed by atoms with E-state index in [2.05, 4.69) is 36.5 Å². The van der Waals surface area contributed by atoms with Crippen LogP contribution in [0.2, 0.25) is 0 Å². The van der Waals surface area contributed by atoms with Gasteiger partial charge in [0.2, 0.25) is 0 Å². The van der Waals surface area contributed by atoms with Crippen LogP contribution < -0.4 is 5.32 Å². The van der Waals surface area contributed by atoms with Gasteiger partial charge in [-0.05, 0) is 30.4 Å². The van der Waals surface area contributed by atoms with Gasteiger partial charge in [0.1, 0.15) is 0 Å². The van der Waals surface area contributed by atoms with Crippen LogP contribution in [0, 0.1) is 5.41 Å². The second kappa shape index (κ2) is 4.98. The van der Waals surface area contributed by atoms with Crippen molar-refractivity contribution in [1.82, 2.24) is 5.32 Å². The second-order valence-corrected chi connectivity index (χ2v) is 4.88. The van der Waals surface area contributed by atoms with Crippen LogP contribution in [0.15, 0.2) is 24.3 Å². The number of rotatable bonds is 6. The number of hydrogen-bond donors (Lipinski definition) is 2. The lowest BCUT2D eigenvalue weighted by Gasteiger charge is -2.14. The van der Waals surface area contributed by atoms with Crippen molar-refractivity contribution in [3.63, 3.8) is 0 Å². The maximum Gasteiger partial charge on any atom is 0.0499 e. The molecule has 0 spiro atoms. The van der Waals surface area contributed by atoms with Crippen LogP contribution >= 0.6 is 0 Å². The minimum atomic E-state index is 0.209. The van der Waals surface area contributed by atoms with E-state index in [9.17, 15) is 5.11 Å². The Morgan fingerprint density at radius 3 is 2.50 bits per heavy atom. The van der Waals surface area contributed by atoms with Gasteiger partial charge in [0.05, 0.1) is 0 Å². The van der Waals surface area contributed by atoms with E-state index >= 15 is 0 Å². The number of benzene rings is 1. The van der Waals surface area contributed by atoms with Gasteiger partial charge in [0, 0.05) is 25.1 Å². The Morgan fingerprint density at radius 1 is 1.25 bits per heavy atom. The van der Waals surface area contributed by atoms with Crippen LogP contribution in [0.5, 0.6) is 0 Å². The molecule has 1 aromatic carbocycles. The van der Waals surface area contributed by atoms with Crippen LogP contribution in [0.25, 0.3) is 0 Å². The van der Waals surface area contributed by atoms with Crippen molar-refractivity contribution in [3.8, 4) is 0 Å². The van der Waals surface area contributed by atoms with Crippen LogP contribution in [0.4, 0.5) is 0 Å². The largest absolute Gasteiger partial charge is 0.396 e. The lowest BCUT2D eigenvalue weighted by molar-refractivity contribution is 0.207. The third-order valence-electron chi connectivity index (χ3n) is 3.61. The van der Waals surface area contributed by atoms with E-state index in [-0.39, 0.29) is 5.41 Å². The molecule has 1 aromatic rings. The van der Waals surface area contributed by atoms with Gasteiger partial charge >= 0.3 is 0 Å². The van der Waals surface area contributed by atoms with Crippen LogP contribution in [0.1, 0.15) is 30.9 Å². The summed E-state index contributed by atoms with van der Waals surface area (Å²) in [5.41, 5.74) is 3.02. The Labute approximate surface area is 97.7 Å². The molecule has 0 amide bonds. The van der Waals surface area contributed by atoms with Crippen molar-refractivity contribution in [1.29, 1.82) is 0 Å². The minimum Gasteiger partial charge on any atom is -0.396 e. The first-order valence-electron chi connectivity index (χ1n) is 6.18. The third-order valence-corrected chi connectivity index (χ3v) is 3.61. The fourth-order valence-electron chi connectivity index (χ4n) is 2.10. The van der Waals surface area contributed by atoms with E-state index in [4.69, 9.17) is 0 Å². The fourth-order valence-corrected chi connectivity index (χ4v) is 2.10. The van der Waals surface area contributed by atoms with Gasteiger partial charge in [-0.3, -0.25) is 0 Å². The predicted molar refractivity (Wildman–Crippen MR) is 66.3 cm³/mol. The Balaban J connectivity index is 1.85. The van der Waals surface area contributed by atoms with Crippen molar-refractivity contribution >= 4 is 0 Å². The van der Waals surface area contributed by atoms with Gasteiger partial charge in [-0.15, -0.1) is 0 Å². The molecule has 0 aliphatic heterocycles. The molecule has 0 radical (unpaired) electrons. The average molecular weight is 219 g/mol. The highest BCUT2D eigenvalue weighted by Crippen LogP contribution is 2.44. The molecular formula is C14H21NO. The molecule has 0 aromatic heterocycles. The maximum atomic E-state index is 9.21. The molecule has 1 fully saturated rings. The average Bonchev–Trinajstić information content (AvgIpc) is 3.10. The van der Waals surface area contributed by atoms with Crippen molar-refractivity contribution < 1.29 is 5.11 Å². The van der Waals surface area contributed by atoms with Crippen LogP contribution in [-0.2, 0) is 13.0 Å². The van der Waals surface area contributed by atoms with E-state index in [0.717, 1.165) is 19.5 Å². The van der Waals surface area contributed by atoms with Gasteiger partial charge in [-0.25, -0.2) is 0 Å². The van der Waals surface area contributed by atoms with E-state index in [1.807, 2.05) is 0 Å². The summed E-state index contributed by atoms with van der Waals surface area (Å²) in [5, 5.41) is 12.7. The Hall–Kier alpha value is -0.860. The summed E-state index contributed by atoms with van der Waals surface area (Å²) < 4.78 is 0. The summed E-state index contributed by atoms with van der Waals surface area (Å²) in [5.74, 6) is 0. The van der Waals surface area contributed by atoms with Crippen molar-refractivity contribution in [2.24, 2.45) is 5.41 Å². The highest BCUT2D eigenvalue weighted by atomic mass is 16.3. The molecule has 0 saturated heterocycles. The molecule has 0 unspecified atom stereocenters. The molecule has 88 valence electrons. The highest BCUT2D eigenvalue weighted by Gasteiger charge is 2.41. The van der Waals surface area contributed by atoms with E-state index < -0.39 is 0 Å². The van der Waals surface area contributed by atoms with Crippen molar-refractivity contribution in [3.05, 3.63) is 35.4 Å². The predicted octanol–water partition coefficient (Wildman–Crippen LogP) is 2.11. The van der Waals surface area contributed by atoms with Crippen LogP contribution in [0.3, 0.4) is 0 Å². The molecule has 0 bridgehead atoms. The van der Waals surface area contributed by atoms with Crippen molar-refractivity contribution in [2.45, 2.75) is 32.7 Å². The maximum absolute atomic E-state index is 9.21. The topological polar surface area (TPSA) is 32.3 Å². The Morgan fingerprint density at radius 2 is 1.94 bits per heavy atom. The molecule has 1 saturated carbocycles. The SMILES string of the molecule is CCc1ccccc1CNCC1(CO)CC1. The summed E-state index contributed by atoms with van der Waals surface area (Å²) >= 11 is 0. The first kappa shape index (κ1) is 11.6. The van der Waals surface area contributed by atoms with Crippen LogP contribution in [-0.4, -0.2) is 18.3 Å². The summed E-state index contributed by atoms with van der Waals surface area (Å²) in [6, 6.07) is 8.56. The van der Waals surface area contributed by atoms with Gasteiger partial charge < -0.3 is 10.4 Å². The molecule has 2 heteroatoms. The standard InChI is InChI=1S/C14H21NO/c1-2-12-5-3-4-6-13(12)9-15-10-14(11-16)7-8-14/h3-6,15-16H,2,7-11H2,1H3. The molecule has 2 rings (SSSR count). The zero-order chi connectivity index (χ0) is 11.4. The number of nitrogens with one attached hydrogen (secondary N) is 1. The first-order chi connectivity index (χ1) is 7.79. The van der Waals surface area contributed by atoms with Gasteiger partial charge in [0.15, 0.2) is 0 Å². The molecule has 1 aliphatic carbocycles. The number of aryl methyl sites for hydroxylation is 1. The lowest BCUT2D eigenvalue weighted by Crippen LogP contribution is -2.26. The summed E-state index contributed by atoms with van der Waals surface area (Å²) in [6.45, 7) is 4.39. The monoisotopic (exact) mass is 219 g/mol. The highest BCUT2D eigenvalue weighted by molar-refractivity contribution is 5.26. The van der Waals surface area contributed by atoms with E-state index in [1.165, 1.54) is 24.0 Å². The molecular weight excluding hydrogens is 198 g/mol. The normalized spacial score (nSPS) is 17.4. The zero-order valence-corrected chi connectivity index (χ0v) is 10.00. The molecule has 0 atom stereocenters. The molecule has 1 aliphatic rings. The summed E-state index contributed by atoms with van der Waals surface area (Å²) in [6.07, 6.45) is 3.43. The minimum absolute atomic E-state index is 0.209. The Bertz CT molecular complexity index is 344. The number of aliphatic hydroxyl groups excluding tert-OH is 1. The van der Waals surface area contributed by atoms with E-state index in [1.54, 1.807) is 0 Å². The van der Waals surface area contributed by atoms with Gasteiger partial charge in [0.25, 0.3) is 0 Å². The Kier molecular flexibility index (Phi) is 3.62. The molecule has 16 heavy (non-hydrogen) atoms. The lowest BCUT2D eigenvalue weighted by atomic mass is 10.0. The summed E-state index contributed by atoms with van der Waals surface area (Å²) in [7, 11) is 0. The van der Waals surface area contributed by atoms with Gasteiger partial charge in [-0.2, -0.15) is 0 Å². The fraction of sp³-hybridized carbons (Fsp3) is 0.571. The van der Waals surface area contributed by atoms with Crippen molar-refractivity contribution in [2.75, 3.05) is 13.2 Å². The molecule has 0 heterocycles. The quantitative estimate of drug-likeness (QED) is 0.768. The summed E-state index contributed by atoms with van der Waals surface area (Å²) in [4.78, 5) is 0. The van der Waals surface area contributed by atoms with Gasteiger partial charge in [-0.1, -0.05) is 31.2 Å². The molecule has 2 N–H and O–H groups in total. The third kappa shape index (κ3) is 2.63. The van der Waals surface area contributed by atoms with E-state index in [0.29, 0.717) is 6.61 Å².